The minimum atomic E-state index is -1.02. The van der Waals surface area contributed by atoms with Crippen LogP contribution in [0.3, 0.4) is 0 Å². The summed E-state index contributed by atoms with van der Waals surface area (Å²) in [5.41, 5.74) is -0.846. The molecular formula is C11H9FN4O4S. The molecule has 0 unspecified atom stereocenters. The molecule has 0 saturated heterocycles. The number of nitro benzene ring substituents is 1. The van der Waals surface area contributed by atoms with Gasteiger partial charge in [0.15, 0.2) is 5.16 Å². The summed E-state index contributed by atoms with van der Waals surface area (Å²) in [6.45, 7) is 0. The number of halogens is 1. The van der Waals surface area contributed by atoms with Gasteiger partial charge < -0.3 is 4.74 Å². The van der Waals surface area contributed by atoms with Crippen LogP contribution in [0.2, 0.25) is 0 Å². The van der Waals surface area contributed by atoms with E-state index < -0.39 is 22.4 Å². The predicted molar refractivity (Wildman–Crippen MR) is 69.5 cm³/mol. The van der Waals surface area contributed by atoms with Gasteiger partial charge in [-0.2, -0.15) is 5.10 Å². The van der Waals surface area contributed by atoms with Crippen LogP contribution < -0.4 is 0 Å². The molecule has 0 aliphatic rings. The molecule has 0 bridgehead atoms. The number of ether oxygens (including phenoxy) is 1. The van der Waals surface area contributed by atoms with Crippen LogP contribution in [-0.4, -0.2) is 32.8 Å². The zero-order chi connectivity index (χ0) is 15.6. The normalized spacial score (nSPS) is 10.4. The monoisotopic (exact) mass is 312 g/mol. The second-order valence-electron chi connectivity index (χ2n) is 3.82. The van der Waals surface area contributed by atoms with E-state index >= 15 is 0 Å². The lowest BCUT2D eigenvalue weighted by molar-refractivity contribution is -0.387. The molecule has 2 rings (SSSR count). The lowest BCUT2D eigenvalue weighted by atomic mass is 10.2. The molecule has 0 aliphatic heterocycles. The van der Waals surface area contributed by atoms with Crippen LogP contribution in [0.5, 0.6) is 0 Å². The molecule has 0 fully saturated rings. The third-order valence-corrected chi connectivity index (χ3v) is 3.62. The fourth-order valence-corrected chi connectivity index (χ4v) is 2.40. The summed E-state index contributed by atoms with van der Waals surface area (Å²) in [5, 5.41) is 15.2. The zero-order valence-electron chi connectivity index (χ0n) is 10.9. The Labute approximate surface area is 122 Å². The first kappa shape index (κ1) is 14.9. The van der Waals surface area contributed by atoms with Crippen LogP contribution in [0.15, 0.2) is 28.5 Å². The second kappa shape index (κ2) is 5.87. The number of nitro groups is 1. The fourth-order valence-electron chi connectivity index (χ4n) is 1.51. The maximum atomic E-state index is 13.7. The van der Waals surface area contributed by atoms with E-state index in [9.17, 15) is 19.3 Å². The van der Waals surface area contributed by atoms with Gasteiger partial charge in [-0.1, -0.05) is 0 Å². The molecule has 0 spiro atoms. The van der Waals surface area contributed by atoms with Crippen LogP contribution >= 0.6 is 11.8 Å². The van der Waals surface area contributed by atoms with Crippen molar-refractivity contribution in [2.75, 3.05) is 7.11 Å². The average Bonchev–Trinajstić information content (AvgIpc) is 2.84. The highest BCUT2D eigenvalue weighted by Gasteiger charge is 2.24. The van der Waals surface area contributed by atoms with E-state index in [0.717, 1.165) is 24.9 Å². The first-order chi connectivity index (χ1) is 9.93. The topological polar surface area (TPSA) is 100 Å². The third kappa shape index (κ3) is 2.99. The number of benzene rings is 1. The minimum Gasteiger partial charge on any atom is -0.465 e. The van der Waals surface area contributed by atoms with Crippen molar-refractivity contribution in [3.8, 4) is 0 Å². The quantitative estimate of drug-likeness (QED) is 0.482. The Hall–Kier alpha value is -2.49. The highest BCUT2D eigenvalue weighted by Crippen LogP contribution is 2.35. The summed E-state index contributed by atoms with van der Waals surface area (Å²) in [4.78, 5) is 25.7. The Bertz CT molecular complexity index is 718. The van der Waals surface area contributed by atoms with E-state index in [4.69, 9.17) is 0 Å². The minimum absolute atomic E-state index is 0.0675. The average molecular weight is 312 g/mol. The lowest BCUT2D eigenvalue weighted by Gasteiger charge is -2.06. The molecule has 1 heterocycles. The van der Waals surface area contributed by atoms with Crippen LogP contribution in [0.1, 0.15) is 10.4 Å². The Morgan fingerprint density at radius 3 is 2.76 bits per heavy atom. The first-order valence-electron chi connectivity index (χ1n) is 5.52. The lowest BCUT2D eigenvalue weighted by Crippen LogP contribution is -2.06. The molecule has 1 aromatic carbocycles. The maximum Gasteiger partial charge on any atom is 0.340 e. The summed E-state index contributed by atoms with van der Waals surface area (Å²) >= 11 is 0.900. The van der Waals surface area contributed by atoms with Gasteiger partial charge in [0.25, 0.3) is 5.69 Å². The van der Waals surface area contributed by atoms with Gasteiger partial charge in [0.1, 0.15) is 12.1 Å². The van der Waals surface area contributed by atoms with Crippen molar-refractivity contribution in [1.82, 2.24) is 14.8 Å². The number of aromatic nitrogens is 3. The number of hydrogen-bond acceptors (Lipinski definition) is 7. The van der Waals surface area contributed by atoms with E-state index in [1.807, 2.05) is 0 Å². The molecule has 1 aromatic heterocycles. The SMILES string of the molecule is COC(=O)c1cc(Sc2ncnn2C)c([N+](=O)[O-])cc1F. The predicted octanol–water partition coefficient (Wildman–Crippen LogP) is 1.80. The van der Waals surface area contributed by atoms with Gasteiger partial charge in [-0.05, 0) is 17.8 Å². The number of aryl methyl sites for hydroxylation is 1. The van der Waals surface area contributed by atoms with Crippen molar-refractivity contribution < 1.29 is 18.8 Å². The fraction of sp³-hybridized carbons (Fsp3) is 0.182. The van der Waals surface area contributed by atoms with Gasteiger partial charge in [0.2, 0.25) is 0 Å². The number of methoxy groups -OCH3 is 1. The molecule has 0 amide bonds. The summed E-state index contributed by atoms with van der Waals surface area (Å²) in [7, 11) is 2.70. The van der Waals surface area contributed by atoms with Crippen molar-refractivity contribution in [3.63, 3.8) is 0 Å². The van der Waals surface area contributed by atoms with Crippen LogP contribution in [0.25, 0.3) is 0 Å². The molecular weight excluding hydrogens is 303 g/mol. The zero-order valence-corrected chi connectivity index (χ0v) is 11.8. The maximum absolute atomic E-state index is 13.7. The number of nitrogens with zero attached hydrogens (tertiary/aromatic N) is 4. The summed E-state index contributed by atoms with van der Waals surface area (Å²) in [6.07, 6.45) is 1.28. The molecule has 0 saturated carbocycles. The summed E-state index contributed by atoms with van der Waals surface area (Å²) in [5.74, 6) is -1.93. The summed E-state index contributed by atoms with van der Waals surface area (Å²) < 4.78 is 19.6. The van der Waals surface area contributed by atoms with E-state index in [1.165, 1.54) is 11.0 Å². The Balaban J connectivity index is 2.53. The molecule has 110 valence electrons. The van der Waals surface area contributed by atoms with Gasteiger partial charge in [0, 0.05) is 7.05 Å². The summed E-state index contributed by atoms with van der Waals surface area (Å²) in [6, 6.07) is 1.75. The molecule has 0 atom stereocenters. The van der Waals surface area contributed by atoms with Crippen LogP contribution in [0.4, 0.5) is 10.1 Å². The van der Waals surface area contributed by atoms with Crippen LogP contribution in [-0.2, 0) is 11.8 Å². The highest BCUT2D eigenvalue weighted by molar-refractivity contribution is 7.99. The Morgan fingerprint density at radius 2 is 2.24 bits per heavy atom. The smallest absolute Gasteiger partial charge is 0.340 e. The number of esters is 1. The van der Waals surface area contributed by atoms with Crippen molar-refractivity contribution in [2.24, 2.45) is 7.05 Å². The van der Waals surface area contributed by atoms with Crippen molar-refractivity contribution in [3.05, 3.63) is 40.0 Å². The molecule has 0 N–H and O–H groups in total. The molecule has 0 aliphatic carbocycles. The Morgan fingerprint density at radius 1 is 1.52 bits per heavy atom. The molecule has 0 radical (unpaired) electrons. The number of rotatable bonds is 4. The van der Waals surface area contributed by atoms with Crippen molar-refractivity contribution in [2.45, 2.75) is 10.1 Å². The largest absolute Gasteiger partial charge is 0.465 e. The highest BCUT2D eigenvalue weighted by atomic mass is 32.2. The number of hydrogen-bond donors (Lipinski definition) is 0. The van der Waals surface area contributed by atoms with E-state index in [-0.39, 0.29) is 10.5 Å². The van der Waals surface area contributed by atoms with E-state index in [2.05, 4.69) is 14.8 Å². The second-order valence-corrected chi connectivity index (χ2v) is 4.83. The van der Waals surface area contributed by atoms with Gasteiger partial charge in [-0.3, -0.25) is 10.1 Å². The van der Waals surface area contributed by atoms with Gasteiger partial charge in [-0.15, -0.1) is 0 Å². The van der Waals surface area contributed by atoms with Crippen molar-refractivity contribution in [1.29, 1.82) is 0 Å². The molecule has 8 nitrogen and oxygen atoms in total. The van der Waals surface area contributed by atoms with Gasteiger partial charge in [-0.25, -0.2) is 18.9 Å². The molecule has 2 aromatic rings. The third-order valence-electron chi connectivity index (χ3n) is 2.52. The number of carbonyl (C=O) groups excluding carboxylic acids is 1. The number of carbonyl (C=O) groups is 1. The standard InChI is InChI=1S/C11H9FN4O4S/c1-15-11(13-5-14-15)21-9-3-6(10(17)20-2)7(12)4-8(9)16(18)19/h3-5H,1-2H3. The van der Waals surface area contributed by atoms with Crippen molar-refractivity contribution >= 4 is 23.4 Å². The van der Waals surface area contributed by atoms with Gasteiger partial charge in [0.05, 0.1) is 28.6 Å². The molecule has 10 heteroatoms. The first-order valence-corrected chi connectivity index (χ1v) is 6.33. The van der Waals surface area contributed by atoms with Gasteiger partial charge >= 0.3 is 5.97 Å². The van der Waals surface area contributed by atoms with E-state index in [1.54, 1.807) is 7.05 Å². The van der Waals surface area contributed by atoms with E-state index in [0.29, 0.717) is 11.2 Å². The molecule has 21 heavy (non-hydrogen) atoms. The Kier molecular flexibility index (Phi) is 4.17. The van der Waals surface area contributed by atoms with Crippen LogP contribution in [0, 0.1) is 15.9 Å².